The van der Waals surface area contributed by atoms with Crippen molar-refractivity contribution in [3.8, 4) is 0 Å². The van der Waals surface area contributed by atoms with Crippen molar-refractivity contribution >= 4 is 5.78 Å². The van der Waals surface area contributed by atoms with Gasteiger partial charge in [0.15, 0.2) is 5.78 Å². The molecule has 0 aliphatic carbocycles. The Balaban J connectivity index is 1.89. The molecule has 1 aliphatic heterocycles. The van der Waals surface area contributed by atoms with E-state index >= 15 is 0 Å². The fourth-order valence-corrected chi connectivity index (χ4v) is 3.06. The summed E-state index contributed by atoms with van der Waals surface area (Å²) in [6, 6.07) is 2.77. The van der Waals surface area contributed by atoms with Crippen molar-refractivity contribution in [3.05, 3.63) is 29.8 Å². The van der Waals surface area contributed by atoms with E-state index in [1.165, 1.54) is 37.8 Å². The molecule has 2 unspecified atom stereocenters. The molecule has 4 heteroatoms. The van der Waals surface area contributed by atoms with E-state index in [0.717, 1.165) is 31.7 Å². The van der Waals surface area contributed by atoms with Crippen molar-refractivity contribution < 1.29 is 9.18 Å². The fraction of sp³-hybridized carbons (Fsp3) is 0.647. The van der Waals surface area contributed by atoms with E-state index in [0.29, 0.717) is 5.69 Å². The standard InChI is InChI=1S/C17H25FN2O/c1-3-14-5-4-9-20(10-8-14)12-13(2)17(21)16-7-6-15(18)11-19-16/h6-7,11,13-14H,3-5,8-10,12H2,1-2H3. The summed E-state index contributed by atoms with van der Waals surface area (Å²) in [6.07, 6.45) is 6.11. The van der Waals surface area contributed by atoms with E-state index in [2.05, 4.69) is 16.8 Å². The van der Waals surface area contributed by atoms with Crippen LogP contribution in [0.3, 0.4) is 0 Å². The van der Waals surface area contributed by atoms with Gasteiger partial charge in [0.1, 0.15) is 11.5 Å². The van der Waals surface area contributed by atoms with Crippen molar-refractivity contribution in [3.63, 3.8) is 0 Å². The van der Waals surface area contributed by atoms with Gasteiger partial charge in [-0.3, -0.25) is 9.78 Å². The minimum atomic E-state index is -0.405. The van der Waals surface area contributed by atoms with E-state index in [4.69, 9.17) is 0 Å². The first-order valence-electron chi connectivity index (χ1n) is 7.98. The van der Waals surface area contributed by atoms with Crippen LogP contribution in [0.25, 0.3) is 0 Å². The monoisotopic (exact) mass is 292 g/mol. The highest BCUT2D eigenvalue weighted by Crippen LogP contribution is 2.21. The fourth-order valence-electron chi connectivity index (χ4n) is 3.06. The highest BCUT2D eigenvalue weighted by Gasteiger charge is 2.22. The Kier molecular flexibility index (Phi) is 5.85. The largest absolute Gasteiger partial charge is 0.303 e. The number of Topliss-reactive ketones (excluding diaryl/α,β-unsaturated/α-hetero) is 1. The number of carbonyl (C=O) groups excluding carboxylic acids is 1. The minimum Gasteiger partial charge on any atom is -0.303 e. The van der Waals surface area contributed by atoms with Crippen LogP contribution in [-0.4, -0.2) is 35.3 Å². The molecule has 0 amide bonds. The number of ketones is 1. The molecule has 1 saturated heterocycles. The third-order valence-electron chi connectivity index (χ3n) is 4.48. The van der Waals surface area contributed by atoms with Gasteiger partial charge >= 0.3 is 0 Å². The highest BCUT2D eigenvalue weighted by atomic mass is 19.1. The lowest BCUT2D eigenvalue weighted by atomic mass is 9.98. The van der Waals surface area contributed by atoms with Gasteiger partial charge in [-0.25, -0.2) is 4.39 Å². The first kappa shape index (κ1) is 16.1. The molecular formula is C17H25FN2O. The topological polar surface area (TPSA) is 33.2 Å². The predicted octanol–water partition coefficient (Wildman–Crippen LogP) is 3.55. The SMILES string of the molecule is CCC1CCCN(CC(C)C(=O)c2ccc(F)cn2)CC1. The number of pyridine rings is 1. The molecule has 0 radical (unpaired) electrons. The van der Waals surface area contributed by atoms with E-state index in [-0.39, 0.29) is 11.7 Å². The Morgan fingerprint density at radius 2 is 2.24 bits per heavy atom. The summed E-state index contributed by atoms with van der Waals surface area (Å²) in [7, 11) is 0. The first-order chi connectivity index (χ1) is 10.1. The van der Waals surface area contributed by atoms with Crippen LogP contribution in [-0.2, 0) is 0 Å². The summed E-state index contributed by atoms with van der Waals surface area (Å²) in [5.74, 6) is 0.338. The van der Waals surface area contributed by atoms with Crippen molar-refractivity contribution in [1.29, 1.82) is 0 Å². The number of halogens is 1. The maximum Gasteiger partial charge on any atom is 0.185 e. The molecule has 2 rings (SSSR count). The second-order valence-electron chi connectivity index (χ2n) is 6.13. The molecule has 0 bridgehead atoms. The number of hydrogen-bond donors (Lipinski definition) is 0. The molecule has 1 aromatic rings. The summed E-state index contributed by atoms with van der Waals surface area (Å²) in [6.45, 7) is 7.12. The molecule has 116 valence electrons. The zero-order valence-electron chi connectivity index (χ0n) is 13.0. The number of aromatic nitrogens is 1. The third kappa shape index (κ3) is 4.60. The molecule has 0 N–H and O–H groups in total. The zero-order chi connectivity index (χ0) is 15.2. The lowest BCUT2D eigenvalue weighted by Crippen LogP contribution is -2.33. The van der Waals surface area contributed by atoms with Crippen LogP contribution in [0.1, 0.15) is 50.0 Å². The number of hydrogen-bond acceptors (Lipinski definition) is 3. The second-order valence-corrected chi connectivity index (χ2v) is 6.13. The molecule has 2 atom stereocenters. The molecular weight excluding hydrogens is 267 g/mol. The predicted molar refractivity (Wildman–Crippen MR) is 81.8 cm³/mol. The Bertz CT molecular complexity index is 460. The summed E-state index contributed by atoms with van der Waals surface area (Å²) < 4.78 is 12.9. The van der Waals surface area contributed by atoms with Crippen molar-refractivity contribution in [2.45, 2.75) is 39.5 Å². The number of likely N-dealkylation sites (tertiary alicyclic amines) is 1. The summed E-state index contributed by atoms with van der Waals surface area (Å²) in [5.41, 5.74) is 0.366. The number of rotatable bonds is 5. The second kappa shape index (κ2) is 7.64. The maximum absolute atomic E-state index is 12.9. The van der Waals surface area contributed by atoms with Crippen LogP contribution in [0.2, 0.25) is 0 Å². The Hall–Kier alpha value is -1.29. The number of nitrogens with zero attached hydrogens (tertiary/aromatic N) is 2. The molecule has 2 heterocycles. The normalized spacial score (nSPS) is 21.8. The first-order valence-corrected chi connectivity index (χ1v) is 7.98. The number of carbonyl (C=O) groups is 1. The molecule has 1 aromatic heterocycles. The van der Waals surface area contributed by atoms with Gasteiger partial charge in [0.25, 0.3) is 0 Å². The quantitative estimate of drug-likeness (QED) is 0.778. The van der Waals surface area contributed by atoms with Gasteiger partial charge in [0, 0.05) is 12.5 Å². The highest BCUT2D eigenvalue weighted by molar-refractivity contribution is 5.95. The van der Waals surface area contributed by atoms with Gasteiger partial charge in [-0.05, 0) is 50.4 Å². The van der Waals surface area contributed by atoms with Crippen LogP contribution in [0.5, 0.6) is 0 Å². The molecule has 0 aromatic carbocycles. The molecule has 0 spiro atoms. The average molecular weight is 292 g/mol. The zero-order valence-corrected chi connectivity index (χ0v) is 13.0. The average Bonchev–Trinajstić information content (AvgIpc) is 2.72. The molecule has 1 aliphatic rings. The van der Waals surface area contributed by atoms with Crippen LogP contribution in [0, 0.1) is 17.7 Å². The molecule has 21 heavy (non-hydrogen) atoms. The van der Waals surface area contributed by atoms with Crippen LogP contribution in [0.4, 0.5) is 4.39 Å². The van der Waals surface area contributed by atoms with Crippen molar-refractivity contribution in [1.82, 2.24) is 9.88 Å². The van der Waals surface area contributed by atoms with Gasteiger partial charge < -0.3 is 4.90 Å². The van der Waals surface area contributed by atoms with E-state index < -0.39 is 5.82 Å². The third-order valence-corrected chi connectivity index (χ3v) is 4.48. The van der Waals surface area contributed by atoms with Crippen molar-refractivity contribution in [2.24, 2.45) is 11.8 Å². The van der Waals surface area contributed by atoms with Gasteiger partial charge in [0.05, 0.1) is 6.20 Å². The maximum atomic E-state index is 12.9. The summed E-state index contributed by atoms with van der Waals surface area (Å²) in [4.78, 5) is 18.6. The molecule has 0 saturated carbocycles. The van der Waals surface area contributed by atoms with Gasteiger partial charge in [0.2, 0.25) is 0 Å². The lowest BCUT2D eigenvalue weighted by Gasteiger charge is -2.23. The Morgan fingerprint density at radius 3 is 2.90 bits per heavy atom. The van der Waals surface area contributed by atoms with Crippen molar-refractivity contribution in [2.75, 3.05) is 19.6 Å². The van der Waals surface area contributed by atoms with E-state index in [1.54, 1.807) is 0 Å². The minimum absolute atomic E-state index is 0.00582. The van der Waals surface area contributed by atoms with Crippen LogP contribution in [0.15, 0.2) is 18.3 Å². The van der Waals surface area contributed by atoms with Gasteiger partial charge in [-0.15, -0.1) is 0 Å². The van der Waals surface area contributed by atoms with Crippen LogP contribution >= 0.6 is 0 Å². The van der Waals surface area contributed by atoms with Crippen LogP contribution < -0.4 is 0 Å². The van der Waals surface area contributed by atoms with Gasteiger partial charge in [-0.1, -0.05) is 20.3 Å². The smallest absolute Gasteiger partial charge is 0.185 e. The van der Waals surface area contributed by atoms with E-state index in [9.17, 15) is 9.18 Å². The molecule has 3 nitrogen and oxygen atoms in total. The molecule has 1 fully saturated rings. The van der Waals surface area contributed by atoms with E-state index in [1.807, 2.05) is 6.92 Å². The summed E-state index contributed by atoms with van der Waals surface area (Å²) >= 11 is 0. The Labute approximate surface area is 126 Å². The van der Waals surface area contributed by atoms with Gasteiger partial charge in [-0.2, -0.15) is 0 Å². The lowest BCUT2D eigenvalue weighted by molar-refractivity contribution is 0.0889. The summed E-state index contributed by atoms with van der Waals surface area (Å²) in [5, 5.41) is 0. The Morgan fingerprint density at radius 1 is 1.43 bits per heavy atom.